The van der Waals surface area contributed by atoms with Crippen LogP contribution in [-0.4, -0.2) is 6.04 Å². The highest BCUT2D eigenvalue weighted by Gasteiger charge is 2.20. The molecule has 2 heteroatoms. The van der Waals surface area contributed by atoms with Gasteiger partial charge in [-0.15, -0.1) is 0 Å². The van der Waals surface area contributed by atoms with Crippen molar-refractivity contribution in [3.8, 4) is 0 Å². The molecule has 1 aromatic rings. The molecule has 1 fully saturated rings. The Morgan fingerprint density at radius 1 is 1.33 bits per heavy atom. The van der Waals surface area contributed by atoms with Gasteiger partial charge in [-0.1, -0.05) is 36.7 Å². The maximum Gasteiger partial charge on any atom is 0.0450 e. The minimum Gasteiger partial charge on any atom is -0.310 e. The van der Waals surface area contributed by atoms with E-state index in [1.54, 1.807) is 0 Å². The fraction of sp³-hybridized carbons (Fsp3) is 0.538. The molecule has 82 valence electrons. The molecular formula is C13H18ClN. The van der Waals surface area contributed by atoms with E-state index in [1.807, 2.05) is 18.2 Å². The molecular weight excluding hydrogens is 206 g/mol. The fourth-order valence-corrected chi connectivity index (χ4v) is 2.49. The molecule has 2 rings (SSSR count). The smallest absolute Gasteiger partial charge is 0.0450 e. The van der Waals surface area contributed by atoms with Gasteiger partial charge in [-0.2, -0.15) is 0 Å². The largest absolute Gasteiger partial charge is 0.310 e. The molecule has 1 nitrogen and oxygen atoms in total. The summed E-state index contributed by atoms with van der Waals surface area (Å²) in [5, 5.41) is 4.46. The summed E-state index contributed by atoms with van der Waals surface area (Å²) in [5.74, 6) is 0.883. The predicted molar refractivity (Wildman–Crippen MR) is 65.1 cm³/mol. The molecule has 0 spiro atoms. The van der Waals surface area contributed by atoms with Crippen LogP contribution in [0.2, 0.25) is 5.02 Å². The molecule has 0 aliphatic heterocycles. The van der Waals surface area contributed by atoms with Crippen molar-refractivity contribution in [3.05, 3.63) is 34.9 Å². The number of benzene rings is 1. The van der Waals surface area contributed by atoms with Gasteiger partial charge in [-0.25, -0.2) is 0 Å². The van der Waals surface area contributed by atoms with Crippen LogP contribution in [0.5, 0.6) is 0 Å². The Balaban J connectivity index is 1.86. The molecule has 1 aromatic carbocycles. The molecule has 0 bridgehead atoms. The van der Waals surface area contributed by atoms with Gasteiger partial charge >= 0.3 is 0 Å². The van der Waals surface area contributed by atoms with Gasteiger partial charge in [0.2, 0.25) is 0 Å². The molecule has 0 radical (unpaired) electrons. The highest BCUT2D eigenvalue weighted by molar-refractivity contribution is 6.31. The van der Waals surface area contributed by atoms with Crippen molar-refractivity contribution in [1.82, 2.24) is 5.32 Å². The quantitative estimate of drug-likeness (QED) is 0.826. The van der Waals surface area contributed by atoms with E-state index < -0.39 is 0 Å². The van der Waals surface area contributed by atoms with E-state index in [-0.39, 0.29) is 0 Å². The van der Waals surface area contributed by atoms with Crippen LogP contribution in [0.4, 0.5) is 0 Å². The first-order valence-corrected chi connectivity index (χ1v) is 6.10. The fourth-order valence-electron chi connectivity index (χ4n) is 2.29. The first kappa shape index (κ1) is 11.0. The second kappa shape index (κ2) is 5.00. The van der Waals surface area contributed by atoms with Gasteiger partial charge in [0.05, 0.1) is 0 Å². The van der Waals surface area contributed by atoms with Crippen molar-refractivity contribution >= 4 is 11.6 Å². The van der Waals surface area contributed by atoms with Gasteiger partial charge in [0, 0.05) is 17.6 Å². The second-order valence-corrected chi connectivity index (χ2v) is 4.99. The van der Waals surface area contributed by atoms with E-state index in [9.17, 15) is 0 Å². The predicted octanol–water partition coefficient (Wildman–Crippen LogP) is 3.62. The summed E-state index contributed by atoms with van der Waals surface area (Å²) in [4.78, 5) is 0. The van der Waals surface area contributed by atoms with Crippen LogP contribution >= 0.6 is 11.6 Å². The standard InChI is InChI=1S/C13H18ClN/c1-10-6-7-12(8-10)15-9-11-4-2-3-5-13(11)14/h2-5,10,12,15H,6-9H2,1H3/t10-,12-/m0/s1. The van der Waals surface area contributed by atoms with Gasteiger partial charge in [0.25, 0.3) is 0 Å². The van der Waals surface area contributed by atoms with Crippen LogP contribution in [0.1, 0.15) is 31.7 Å². The topological polar surface area (TPSA) is 12.0 Å². The van der Waals surface area contributed by atoms with Crippen molar-refractivity contribution in [2.24, 2.45) is 5.92 Å². The van der Waals surface area contributed by atoms with Crippen molar-refractivity contribution in [2.75, 3.05) is 0 Å². The van der Waals surface area contributed by atoms with E-state index in [4.69, 9.17) is 11.6 Å². The summed E-state index contributed by atoms with van der Waals surface area (Å²) in [5.41, 5.74) is 1.21. The van der Waals surface area contributed by atoms with Gasteiger partial charge in [-0.3, -0.25) is 0 Å². The maximum atomic E-state index is 6.10. The molecule has 2 atom stereocenters. The number of hydrogen-bond donors (Lipinski definition) is 1. The molecule has 1 N–H and O–H groups in total. The lowest BCUT2D eigenvalue weighted by Crippen LogP contribution is -2.25. The zero-order valence-corrected chi connectivity index (χ0v) is 9.93. The lowest BCUT2D eigenvalue weighted by atomic mass is 10.1. The minimum atomic E-state index is 0.691. The summed E-state index contributed by atoms with van der Waals surface area (Å²) in [7, 11) is 0. The number of halogens is 1. The molecule has 15 heavy (non-hydrogen) atoms. The van der Waals surface area contributed by atoms with Crippen LogP contribution < -0.4 is 5.32 Å². The van der Waals surface area contributed by atoms with Crippen LogP contribution in [0.15, 0.2) is 24.3 Å². The minimum absolute atomic E-state index is 0.691. The molecule has 0 amide bonds. The Morgan fingerprint density at radius 2 is 2.13 bits per heavy atom. The molecule has 0 saturated heterocycles. The van der Waals surface area contributed by atoms with Crippen molar-refractivity contribution in [3.63, 3.8) is 0 Å². The average molecular weight is 224 g/mol. The number of rotatable bonds is 3. The van der Waals surface area contributed by atoms with E-state index in [2.05, 4.69) is 18.3 Å². The maximum absolute atomic E-state index is 6.10. The zero-order chi connectivity index (χ0) is 10.7. The Hall–Kier alpha value is -0.530. The Kier molecular flexibility index (Phi) is 3.66. The number of hydrogen-bond acceptors (Lipinski definition) is 1. The van der Waals surface area contributed by atoms with Crippen LogP contribution in [0, 0.1) is 5.92 Å². The van der Waals surface area contributed by atoms with Crippen LogP contribution in [0.3, 0.4) is 0 Å². The zero-order valence-electron chi connectivity index (χ0n) is 9.17. The van der Waals surface area contributed by atoms with Crippen molar-refractivity contribution in [2.45, 2.75) is 38.8 Å². The molecule has 1 aliphatic carbocycles. The average Bonchev–Trinajstić information content (AvgIpc) is 2.63. The Bertz CT molecular complexity index is 324. The van der Waals surface area contributed by atoms with Crippen LogP contribution in [-0.2, 0) is 6.54 Å². The third kappa shape index (κ3) is 2.96. The molecule has 0 heterocycles. The molecule has 0 unspecified atom stereocenters. The SMILES string of the molecule is C[C@H]1CC[C@H](NCc2ccccc2Cl)C1. The van der Waals surface area contributed by atoms with Gasteiger partial charge in [0.15, 0.2) is 0 Å². The summed E-state index contributed by atoms with van der Waals surface area (Å²) < 4.78 is 0. The van der Waals surface area contributed by atoms with E-state index in [0.29, 0.717) is 6.04 Å². The van der Waals surface area contributed by atoms with Crippen molar-refractivity contribution < 1.29 is 0 Å². The summed E-state index contributed by atoms with van der Waals surface area (Å²) in [6.07, 6.45) is 3.98. The highest BCUT2D eigenvalue weighted by atomic mass is 35.5. The molecule has 1 saturated carbocycles. The Labute approximate surface area is 96.8 Å². The van der Waals surface area contributed by atoms with Crippen molar-refractivity contribution in [1.29, 1.82) is 0 Å². The second-order valence-electron chi connectivity index (χ2n) is 4.59. The highest BCUT2D eigenvalue weighted by Crippen LogP contribution is 2.25. The van der Waals surface area contributed by atoms with Crippen LogP contribution in [0.25, 0.3) is 0 Å². The van der Waals surface area contributed by atoms with Gasteiger partial charge in [-0.05, 0) is 36.8 Å². The summed E-state index contributed by atoms with van der Waals surface area (Å²) >= 11 is 6.10. The number of nitrogens with one attached hydrogen (secondary N) is 1. The third-order valence-electron chi connectivity index (χ3n) is 3.23. The van der Waals surface area contributed by atoms with E-state index >= 15 is 0 Å². The van der Waals surface area contributed by atoms with Gasteiger partial charge < -0.3 is 5.32 Å². The monoisotopic (exact) mass is 223 g/mol. The van der Waals surface area contributed by atoms with E-state index in [1.165, 1.54) is 24.8 Å². The first-order chi connectivity index (χ1) is 7.25. The summed E-state index contributed by atoms with van der Waals surface area (Å²) in [6.45, 7) is 3.23. The lowest BCUT2D eigenvalue weighted by Gasteiger charge is -2.12. The first-order valence-electron chi connectivity index (χ1n) is 5.72. The van der Waals surface area contributed by atoms with Gasteiger partial charge in [0.1, 0.15) is 0 Å². The molecule has 0 aromatic heterocycles. The lowest BCUT2D eigenvalue weighted by molar-refractivity contribution is 0.502. The third-order valence-corrected chi connectivity index (χ3v) is 3.60. The summed E-state index contributed by atoms with van der Waals surface area (Å²) in [6, 6.07) is 8.75. The molecule has 1 aliphatic rings. The normalized spacial score (nSPS) is 25.7. The Morgan fingerprint density at radius 3 is 2.80 bits per heavy atom. The van der Waals surface area contributed by atoms with E-state index in [0.717, 1.165) is 17.5 Å².